The quantitative estimate of drug-likeness (QED) is 0.150. The molecule has 0 unspecified atom stereocenters. The second kappa shape index (κ2) is 15.4. The second-order valence-corrected chi connectivity index (χ2v) is 14.0. The van der Waals surface area contributed by atoms with E-state index in [1.54, 1.807) is 0 Å². The minimum Gasteiger partial charge on any atom is -0.370 e. The zero-order valence-electron chi connectivity index (χ0n) is 29.9. The summed E-state index contributed by atoms with van der Waals surface area (Å²) in [7, 11) is 0. The molecule has 0 aliphatic carbocycles. The molecule has 1 aromatic heterocycles. The summed E-state index contributed by atoms with van der Waals surface area (Å²) in [6, 6.07) is 38.1. The van der Waals surface area contributed by atoms with Crippen molar-refractivity contribution in [2.24, 2.45) is 0 Å². The Balaban J connectivity index is 1.18. The van der Waals surface area contributed by atoms with Gasteiger partial charge in [0.05, 0.1) is 23.4 Å². The molecule has 0 bridgehead atoms. The van der Waals surface area contributed by atoms with Crippen molar-refractivity contribution in [3.63, 3.8) is 0 Å². The number of carbonyl (C=O) groups is 2. The smallest absolute Gasteiger partial charge is 0.253 e. The molecule has 5 aromatic rings. The molecule has 2 saturated heterocycles. The zero-order chi connectivity index (χ0) is 35.2. The number of hydrogen-bond donors (Lipinski definition) is 1. The standard InChI is InChI=1S/C44H49N5O2/c1-3-16-41(50)46-39-31-35(43(51)48-27-14-7-15-28-48)23-24-40(39)47-29-25-34(26-30-47)42-33(2)49(32-45-42)44(36-17-8-4-9-18-36,37-19-10-5-11-20-37)38-21-12-6-13-22-38/h4-6,8-13,17-24,31-32,34H,3,7,14-16,25-30H2,1-2H3,(H,46,50). The number of anilines is 2. The van der Waals surface area contributed by atoms with E-state index in [1.165, 1.54) is 23.1 Å². The molecule has 0 atom stereocenters. The van der Waals surface area contributed by atoms with Gasteiger partial charge in [0.2, 0.25) is 5.91 Å². The Labute approximate surface area is 302 Å². The molecule has 0 saturated carbocycles. The molecular formula is C44H49N5O2. The van der Waals surface area contributed by atoms with Crippen LogP contribution in [-0.2, 0) is 10.3 Å². The van der Waals surface area contributed by atoms with Gasteiger partial charge in [0, 0.05) is 49.8 Å². The molecule has 262 valence electrons. The first-order valence-corrected chi connectivity index (χ1v) is 18.7. The number of amides is 2. The van der Waals surface area contributed by atoms with Crippen LogP contribution >= 0.6 is 0 Å². The average molecular weight is 680 g/mol. The van der Waals surface area contributed by atoms with Crippen molar-refractivity contribution in [1.82, 2.24) is 14.5 Å². The van der Waals surface area contributed by atoms with Crippen molar-refractivity contribution in [2.45, 2.75) is 70.3 Å². The summed E-state index contributed by atoms with van der Waals surface area (Å²) in [5, 5.41) is 3.16. The molecule has 7 rings (SSSR count). The van der Waals surface area contributed by atoms with E-state index in [0.717, 1.165) is 81.0 Å². The van der Waals surface area contributed by atoms with Crippen LogP contribution in [0.25, 0.3) is 0 Å². The predicted octanol–water partition coefficient (Wildman–Crippen LogP) is 8.78. The molecule has 3 heterocycles. The third kappa shape index (κ3) is 6.82. The predicted molar refractivity (Wildman–Crippen MR) is 205 cm³/mol. The number of piperidine rings is 2. The number of carbonyl (C=O) groups excluding carboxylic acids is 2. The topological polar surface area (TPSA) is 70.5 Å². The molecule has 2 aliphatic rings. The van der Waals surface area contributed by atoms with Crippen LogP contribution in [0.3, 0.4) is 0 Å². The van der Waals surface area contributed by atoms with E-state index in [9.17, 15) is 9.59 Å². The van der Waals surface area contributed by atoms with Gasteiger partial charge in [-0.1, -0.05) is 97.9 Å². The molecule has 7 nitrogen and oxygen atoms in total. The van der Waals surface area contributed by atoms with E-state index in [0.29, 0.717) is 17.9 Å². The van der Waals surface area contributed by atoms with E-state index in [4.69, 9.17) is 4.98 Å². The van der Waals surface area contributed by atoms with Crippen molar-refractivity contribution >= 4 is 23.2 Å². The maximum Gasteiger partial charge on any atom is 0.253 e. The van der Waals surface area contributed by atoms with Crippen LogP contribution in [0.15, 0.2) is 116 Å². The normalized spacial score (nSPS) is 15.5. The highest BCUT2D eigenvalue weighted by molar-refractivity contribution is 6.00. The number of hydrogen-bond acceptors (Lipinski definition) is 4. The number of benzene rings is 4. The van der Waals surface area contributed by atoms with E-state index < -0.39 is 5.54 Å². The first-order chi connectivity index (χ1) is 25.0. The number of aromatic nitrogens is 2. The molecule has 4 aromatic carbocycles. The van der Waals surface area contributed by atoms with Gasteiger partial charge in [0.25, 0.3) is 5.91 Å². The monoisotopic (exact) mass is 679 g/mol. The summed E-state index contributed by atoms with van der Waals surface area (Å²) in [6.07, 6.45) is 8.39. The van der Waals surface area contributed by atoms with Crippen molar-refractivity contribution in [3.8, 4) is 0 Å². The maximum absolute atomic E-state index is 13.4. The number of nitrogens with one attached hydrogen (secondary N) is 1. The number of nitrogens with zero attached hydrogens (tertiary/aromatic N) is 4. The highest BCUT2D eigenvalue weighted by Crippen LogP contribution is 2.43. The average Bonchev–Trinajstić information content (AvgIpc) is 3.57. The maximum atomic E-state index is 13.4. The molecule has 0 radical (unpaired) electrons. The van der Waals surface area contributed by atoms with Crippen molar-refractivity contribution < 1.29 is 9.59 Å². The molecule has 1 N–H and O–H groups in total. The summed E-state index contributed by atoms with van der Waals surface area (Å²) in [5.41, 5.74) is 7.61. The lowest BCUT2D eigenvalue weighted by Gasteiger charge is -2.39. The lowest BCUT2D eigenvalue weighted by molar-refractivity contribution is -0.116. The highest BCUT2D eigenvalue weighted by Gasteiger charge is 2.40. The van der Waals surface area contributed by atoms with E-state index in [-0.39, 0.29) is 11.8 Å². The molecule has 2 fully saturated rings. The SMILES string of the molecule is CCCC(=O)Nc1cc(C(=O)N2CCCCC2)ccc1N1CCC(c2ncn(C(c3ccccc3)(c3ccccc3)c3ccccc3)c2C)CC1. The number of imidazole rings is 1. The van der Waals surface area contributed by atoms with Crippen molar-refractivity contribution in [3.05, 3.63) is 149 Å². The van der Waals surface area contributed by atoms with Crippen molar-refractivity contribution in [2.75, 3.05) is 36.4 Å². The van der Waals surface area contributed by atoms with Crippen LogP contribution in [0, 0.1) is 6.92 Å². The van der Waals surface area contributed by atoms with Crippen LogP contribution in [-0.4, -0.2) is 52.4 Å². The number of likely N-dealkylation sites (tertiary alicyclic amines) is 1. The van der Waals surface area contributed by atoms with Crippen LogP contribution in [0.2, 0.25) is 0 Å². The first kappa shape index (κ1) is 34.3. The van der Waals surface area contributed by atoms with Crippen LogP contribution in [0.1, 0.15) is 96.2 Å². The van der Waals surface area contributed by atoms with E-state index >= 15 is 0 Å². The highest BCUT2D eigenvalue weighted by atomic mass is 16.2. The lowest BCUT2D eigenvalue weighted by Crippen LogP contribution is -2.38. The third-order valence-corrected chi connectivity index (χ3v) is 10.8. The Morgan fingerprint density at radius 1 is 0.765 bits per heavy atom. The molecule has 2 amide bonds. The zero-order valence-corrected chi connectivity index (χ0v) is 29.9. The van der Waals surface area contributed by atoms with Gasteiger partial charge < -0.3 is 19.7 Å². The molecule has 2 aliphatic heterocycles. The van der Waals surface area contributed by atoms with Gasteiger partial charge >= 0.3 is 0 Å². The summed E-state index contributed by atoms with van der Waals surface area (Å²) in [6.45, 7) is 7.47. The summed E-state index contributed by atoms with van der Waals surface area (Å²) >= 11 is 0. The van der Waals surface area contributed by atoms with Crippen LogP contribution < -0.4 is 10.2 Å². The van der Waals surface area contributed by atoms with Crippen LogP contribution in [0.5, 0.6) is 0 Å². The second-order valence-electron chi connectivity index (χ2n) is 14.0. The summed E-state index contributed by atoms with van der Waals surface area (Å²) < 4.78 is 2.38. The Bertz CT molecular complexity index is 1830. The Morgan fingerprint density at radius 3 is 1.88 bits per heavy atom. The van der Waals surface area contributed by atoms with Gasteiger partial charge in [0.15, 0.2) is 0 Å². The molecule has 51 heavy (non-hydrogen) atoms. The molecular weight excluding hydrogens is 631 g/mol. The fraction of sp³-hybridized carbons (Fsp3) is 0.341. The Morgan fingerprint density at radius 2 is 1.33 bits per heavy atom. The van der Waals surface area contributed by atoms with Crippen LogP contribution in [0.4, 0.5) is 11.4 Å². The van der Waals surface area contributed by atoms with E-state index in [1.807, 2.05) is 36.4 Å². The fourth-order valence-electron chi connectivity index (χ4n) is 8.28. The summed E-state index contributed by atoms with van der Waals surface area (Å²) in [4.78, 5) is 35.8. The number of rotatable bonds is 10. The minimum atomic E-state index is -0.598. The van der Waals surface area contributed by atoms with Gasteiger partial charge in [-0.25, -0.2) is 4.98 Å². The van der Waals surface area contributed by atoms with Gasteiger partial charge in [-0.2, -0.15) is 0 Å². The van der Waals surface area contributed by atoms with Gasteiger partial charge in [0.1, 0.15) is 5.54 Å². The Kier molecular flexibility index (Phi) is 10.3. The van der Waals surface area contributed by atoms with Gasteiger partial charge in [-0.15, -0.1) is 0 Å². The molecule has 7 heteroatoms. The lowest BCUT2D eigenvalue weighted by atomic mass is 9.76. The van der Waals surface area contributed by atoms with Crippen molar-refractivity contribution in [1.29, 1.82) is 0 Å². The molecule has 0 spiro atoms. The van der Waals surface area contributed by atoms with Gasteiger partial charge in [-0.05, 0) is 80.3 Å². The van der Waals surface area contributed by atoms with Gasteiger partial charge in [-0.3, -0.25) is 9.59 Å². The Hall–Kier alpha value is -5.17. The minimum absolute atomic E-state index is 0.0175. The largest absolute Gasteiger partial charge is 0.370 e. The van der Waals surface area contributed by atoms with E-state index in [2.05, 4.69) is 113 Å². The first-order valence-electron chi connectivity index (χ1n) is 18.7. The fourth-order valence-corrected chi connectivity index (χ4v) is 8.28. The summed E-state index contributed by atoms with van der Waals surface area (Å²) in [5.74, 6) is 0.325. The third-order valence-electron chi connectivity index (χ3n) is 10.8.